The number of rotatable bonds is 5. The van der Waals surface area contributed by atoms with E-state index in [2.05, 4.69) is 20.0 Å². The SMILES string of the molecule is CNC(=O)c1cccc(CNc2nc(C3CC3)ns2)c1. The second kappa shape index (κ2) is 5.58. The topological polar surface area (TPSA) is 66.9 Å². The molecule has 1 fully saturated rings. The first-order chi connectivity index (χ1) is 9.76. The van der Waals surface area contributed by atoms with Gasteiger partial charge in [-0.05, 0) is 30.5 Å². The van der Waals surface area contributed by atoms with Gasteiger partial charge in [0, 0.05) is 36.6 Å². The summed E-state index contributed by atoms with van der Waals surface area (Å²) in [7, 11) is 1.63. The lowest BCUT2D eigenvalue weighted by atomic mass is 10.1. The fourth-order valence-corrected chi connectivity index (χ4v) is 2.60. The van der Waals surface area contributed by atoms with Gasteiger partial charge in [-0.2, -0.15) is 4.37 Å². The molecule has 0 atom stereocenters. The number of nitrogens with one attached hydrogen (secondary N) is 2. The number of carbonyl (C=O) groups excluding carboxylic acids is 1. The van der Waals surface area contributed by atoms with E-state index in [0.717, 1.165) is 16.5 Å². The van der Waals surface area contributed by atoms with Crippen LogP contribution in [0.2, 0.25) is 0 Å². The largest absolute Gasteiger partial charge is 0.356 e. The molecule has 1 aliphatic carbocycles. The normalized spacial score (nSPS) is 14.1. The highest BCUT2D eigenvalue weighted by atomic mass is 32.1. The molecule has 104 valence electrons. The van der Waals surface area contributed by atoms with Crippen molar-refractivity contribution in [3.05, 3.63) is 41.2 Å². The number of anilines is 1. The molecule has 0 saturated heterocycles. The fraction of sp³-hybridized carbons (Fsp3) is 0.357. The van der Waals surface area contributed by atoms with Crippen LogP contribution in [-0.2, 0) is 6.54 Å². The average molecular weight is 288 g/mol. The van der Waals surface area contributed by atoms with Crippen LogP contribution in [0.5, 0.6) is 0 Å². The van der Waals surface area contributed by atoms with Gasteiger partial charge in [0.15, 0.2) is 0 Å². The predicted molar refractivity (Wildman–Crippen MR) is 79.0 cm³/mol. The first-order valence-corrected chi connectivity index (χ1v) is 7.42. The molecule has 1 saturated carbocycles. The van der Waals surface area contributed by atoms with Crippen molar-refractivity contribution >= 4 is 22.6 Å². The van der Waals surface area contributed by atoms with Crippen LogP contribution in [-0.4, -0.2) is 22.3 Å². The van der Waals surface area contributed by atoms with Gasteiger partial charge in [-0.1, -0.05) is 12.1 Å². The lowest BCUT2D eigenvalue weighted by Gasteiger charge is -2.05. The van der Waals surface area contributed by atoms with E-state index in [1.807, 2.05) is 18.2 Å². The standard InChI is InChI=1S/C14H16N4OS/c1-15-13(19)11-4-2-3-9(7-11)8-16-14-17-12(18-20-14)10-5-6-10/h2-4,7,10H,5-6,8H2,1H3,(H,15,19)(H,16,17,18). The Hall–Kier alpha value is -1.95. The van der Waals surface area contributed by atoms with Crippen molar-refractivity contribution < 1.29 is 4.79 Å². The van der Waals surface area contributed by atoms with E-state index in [4.69, 9.17) is 0 Å². The molecule has 0 spiro atoms. The monoisotopic (exact) mass is 288 g/mol. The molecule has 0 aliphatic heterocycles. The summed E-state index contributed by atoms with van der Waals surface area (Å²) in [6, 6.07) is 7.56. The first-order valence-electron chi connectivity index (χ1n) is 6.65. The van der Waals surface area contributed by atoms with Crippen molar-refractivity contribution in [2.45, 2.75) is 25.3 Å². The van der Waals surface area contributed by atoms with E-state index in [-0.39, 0.29) is 5.91 Å². The molecule has 6 heteroatoms. The Labute approximate surface area is 121 Å². The average Bonchev–Trinajstić information content (AvgIpc) is 3.23. The minimum absolute atomic E-state index is 0.0706. The molecule has 1 aromatic carbocycles. The summed E-state index contributed by atoms with van der Waals surface area (Å²) in [6.45, 7) is 0.643. The zero-order valence-electron chi connectivity index (χ0n) is 11.2. The fourth-order valence-electron chi connectivity index (χ4n) is 1.96. The van der Waals surface area contributed by atoms with Gasteiger partial charge >= 0.3 is 0 Å². The van der Waals surface area contributed by atoms with E-state index < -0.39 is 0 Å². The summed E-state index contributed by atoms with van der Waals surface area (Å²) in [4.78, 5) is 16.1. The highest BCUT2D eigenvalue weighted by Crippen LogP contribution is 2.39. The number of nitrogens with zero attached hydrogens (tertiary/aromatic N) is 2. The summed E-state index contributed by atoms with van der Waals surface area (Å²) in [6.07, 6.45) is 2.43. The van der Waals surface area contributed by atoms with E-state index in [9.17, 15) is 4.79 Å². The zero-order valence-corrected chi connectivity index (χ0v) is 12.0. The quantitative estimate of drug-likeness (QED) is 0.886. The third-order valence-corrected chi connectivity index (χ3v) is 3.93. The Morgan fingerprint density at radius 1 is 1.45 bits per heavy atom. The van der Waals surface area contributed by atoms with Gasteiger partial charge in [-0.3, -0.25) is 4.79 Å². The minimum Gasteiger partial charge on any atom is -0.356 e. The number of benzene rings is 1. The summed E-state index contributed by atoms with van der Waals surface area (Å²) in [5.74, 6) is 1.48. The molecule has 2 N–H and O–H groups in total. The number of hydrogen-bond donors (Lipinski definition) is 2. The Bertz CT molecular complexity index is 621. The van der Waals surface area contributed by atoms with Crippen LogP contribution in [0.3, 0.4) is 0 Å². The van der Waals surface area contributed by atoms with Crippen molar-refractivity contribution in [1.82, 2.24) is 14.7 Å². The van der Waals surface area contributed by atoms with Gasteiger partial charge < -0.3 is 10.6 Å². The van der Waals surface area contributed by atoms with Crippen LogP contribution in [0, 0.1) is 0 Å². The van der Waals surface area contributed by atoms with E-state index in [1.54, 1.807) is 13.1 Å². The maximum absolute atomic E-state index is 11.6. The number of amides is 1. The molecule has 0 radical (unpaired) electrons. The van der Waals surface area contributed by atoms with Crippen molar-refractivity contribution in [3.63, 3.8) is 0 Å². The zero-order chi connectivity index (χ0) is 13.9. The molecule has 1 aromatic heterocycles. The van der Waals surface area contributed by atoms with Crippen molar-refractivity contribution in [1.29, 1.82) is 0 Å². The van der Waals surface area contributed by atoms with Crippen LogP contribution >= 0.6 is 11.5 Å². The maximum Gasteiger partial charge on any atom is 0.251 e. The Morgan fingerprint density at radius 3 is 3.05 bits per heavy atom. The first kappa shape index (κ1) is 13.1. The van der Waals surface area contributed by atoms with E-state index in [1.165, 1.54) is 24.4 Å². The number of carbonyl (C=O) groups is 1. The lowest BCUT2D eigenvalue weighted by molar-refractivity contribution is 0.0963. The molecule has 20 heavy (non-hydrogen) atoms. The molecular formula is C14H16N4OS. The molecule has 3 rings (SSSR count). The van der Waals surface area contributed by atoms with Crippen LogP contribution in [0.4, 0.5) is 5.13 Å². The van der Waals surface area contributed by atoms with Crippen molar-refractivity contribution in [2.24, 2.45) is 0 Å². The second-order valence-corrected chi connectivity index (χ2v) is 5.62. The molecule has 5 nitrogen and oxygen atoms in total. The maximum atomic E-state index is 11.6. The highest BCUT2D eigenvalue weighted by molar-refractivity contribution is 7.09. The lowest BCUT2D eigenvalue weighted by Crippen LogP contribution is -2.17. The molecule has 0 bridgehead atoms. The van der Waals surface area contributed by atoms with Crippen molar-refractivity contribution in [3.8, 4) is 0 Å². The third-order valence-electron chi connectivity index (χ3n) is 3.24. The van der Waals surface area contributed by atoms with Gasteiger partial charge in [-0.15, -0.1) is 0 Å². The minimum atomic E-state index is -0.0706. The Morgan fingerprint density at radius 2 is 2.30 bits per heavy atom. The summed E-state index contributed by atoms with van der Waals surface area (Å²) >= 11 is 1.40. The molecule has 1 aliphatic rings. The molecular weight excluding hydrogens is 272 g/mol. The second-order valence-electron chi connectivity index (χ2n) is 4.87. The van der Waals surface area contributed by atoms with Crippen LogP contribution < -0.4 is 10.6 Å². The van der Waals surface area contributed by atoms with Crippen LogP contribution in [0.1, 0.15) is 40.5 Å². The van der Waals surface area contributed by atoms with Gasteiger partial charge in [-0.25, -0.2) is 4.98 Å². The number of aromatic nitrogens is 2. The molecule has 0 unspecified atom stereocenters. The summed E-state index contributed by atoms with van der Waals surface area (Å²) in [5, 5.41) is 6.73. The van der Waals surface area contributed by atoms with Gasteiger partial charge in [0.05, 0.1) is 0 Å². The highest BCUT2D eigenvalue weighted by Gasteiger charge is 2.27. The smallest absolute Gasteiger partial charge is 0.251 e. The Balaban J connectivity index is 1.63. The van der Waals surface area contributed by atoms with Crippen molar-refractivity contribution in [2.75, 3.05) is 12.4 Å². The Kier molecular flexibility index (Phi) is 3.64. The van der Waals surface area contributed by atoms with Gasteiger partial charge in [0.2, 0.25) is 5.13 Å². The van der Waals surface area contributed by atoms with Crippen LogP contribution in [0.25, 0.3) is 0 Å². The van der Waals surface area contributed by atoms with Crippen LogP contribution in [0.15, 0.2) is 24.3 Å². The molecule has 1 heterocycles. The van der Waals surface area contributed by atoms with E-state index in [0.29, 0.717) is 18.0 Å². The number of hydrogen-bond acceptors (Lipinski definition) is 5. The van der Waals surface area contributed by atoms with Gasteiger partial charge in [0.25, 0.3) is 5.91 Å². The summed E-state index contributed by atoms with van der Waals surface area (Å²) < 4.78 is 4.35. The van der Waals surface area contributed by atoms with Gasteiger partial charge in [0.1, 0.15) is 5.82 Å². The predicted octanol–water partition coefficient (Wildman–Crippen LogP) is 2.39. The molecule has 1 amide bonds. The third kappa shape index (κ3) is 2.96. The molecule has 2 aromatic rings. The summed E-state index contributed by atoms with van der Waals surface area (Å²) in [5.41, 5.74) is 1.72. The van der Waals surface area contributed by atoms with E-state index >= 15 is 0 Å².